The summed E-state index contributed by atoms with van der Waals surface area (Å²) < 4.78 is 13.4. The number of hydrogen-bond acceptors (Lipinski definition) is 3. The van der Waals surface area contributed by atoms with Crippen LogP contribution in [0.15, 0.2) is 18.2 Å². The molecule has 0 heterocycles. The number of halogens is 1. The van der Waals surface area contributed by atoms with Gasteiger partial charge in [0.2, 0.25) is 5.91 Å². The highest BCUT2D eigenvalue weighted by atomic mass is 32.1. The Labute approximate surface area is 124 Å². The van der Waals surface area contributed by atoms with E-state index in [2.05, 4.69) is 5.32 Å². The molecule has 0 fully saturated rings. The van der Waals surface area contributed by atoms with Gasteiger partial charge in [0.05, 0.1) is 6.54 Å². The molecule has 0 unspecified atom stereocenters. The number of nitrogens with one attached hydrogen (secondary N) is 1. The molecule has 1 aromatic rings. The van der Waals surface area contributed by atoms with Crippen molar-refractivity contribution < 1.29 is 9.18 Å². The molecular formula is C14H20FN3OS. The SMILES string of the molecule is CCNC(=O)CN(CC)Cc1cc(F)ccc1C(N)=S. The normalized spacial score (nSPS) is 10.6. The van der Waals surface area contributed by atoms with Gasteiger partial charge in [0.1, 0.15) is 10.8 Å². The van der Waals surface area contributed by atoms with Gasteiger partial charge in [0.15, 0.2) is 0 Å². The van der Waals surface area contributed by atoms with E-state index in [1.807, 2.05) is 18.7 Å². The molecule has 0 aromatic heterocycles. The second kappa shape index (κ2) is 7.91. The number of carbonyl (C=O) groups excluding carboxylic acids is 1. The van der Waals surface area contributed by atoms with Crippen LogP contribution in [-0.2, 0) is 11.3 Å². The Morgan fingerprint density at radius 1 is 1.45 bits per heavy atom. The lowest BCUT2D eigenvalue weighted by Crippen LogP contribution is -2.37. The number of thiocarbonyl (C=S) groups is 1. The highest BCUT2D eigenvalue weighted by Gasteiger charge is 2.13. The number of amides is 1. The lowest BCUT2D eigenvalue weighted by atomic mass is 10.1. The van der Waals surface area contributed by atoms with Crippen LogP contribution in [0, 0.1) is 5.82 Å². The first kappa shape index (κ1) is 16.5. The van der Waals surface area contributed by atoms with Crippen molar-refractivity contribution >= 4 is 23.1 Å². The molecule has 4 nitrogen and oxygen atoms in total. The van der Waals surface area contributed by atoms with Gasteiger partial charge in [0.25, 0.3) is 0 Å². The van der Waals surface area contributed by atoms with Crippen molar-refractivity contribution in [3.63, 3.8) is 0 Å². The zero-order valence-corrected chi connectivity index (χ0v) is 12.6. The third-order valence-corrected chi connectivity index (χ3v) is 3.13. The van der Waals surface area contributed by atoms with Gasteiger partial charge in [-0.1, -0.05) is 19.1 Å². The third-order valence-electron chi connectivity index (χ3n) is 2.92. The highest BCUT2D eigenvalue weighted by Crippen LogP contribution is 2.14. The van der Waals surface area contributed by atoms with E-state index in [1.54, 1.807) is 6.07 Å². The van der Waals surface area contributed by atoms with Gasteiger partial charge < -0.3 is 11.1 Å². The van der Waals surface area contributed by atoms with Crippen molar-refractivity contribution in [2.45, 2.75) is 20.4 Å². The van der Waals surface area contributed by atoms with E-state index in [0.29, 0.717) is 30.8 Å². The first-order valence-electron chi connectivity index (χ1n) is 6.55. The summed E-state index contributed by atoms with van der Waals surface area (Å²) in [5.41, 5.74) is 6.99. The molecule has 0 saturated heterocycles. The maximum atomic E-state index is 13.4. The lowest BCUT2D eigenvalue weighted by molar-refractivity contribution is -0.122. The average Bonchev–Trinajstić information content (AvgIpc) is 2.37. The minimum absolute atomic E-state index is 0.0531. The van der Waals surface area contributed by atoms with E-state index in [9.17, 15) is 9.18 Å². The lowest BCUT2D eigenvalue weighted by Gasteiger charge is -2.21. The summed E-state index contributed by atoms with van der Waals surface area (Å²) in [6, 6.07) is 4.32. The van der Waals surface area contributed by atoms with Crippen molar-refractivity contribution in [3.8, 4) is 0 Å². The van der Waals surface area contributed by atoms with Gasteiger partial charge in [-0.05, 0) is 37.2 Å². The number of carbonyl (C=O) groups is 1. The zero-order valence-electron chi connectivity index (χ0n) is 11.8. The van der Waals surface area contributed by atoms with Gasteiger partial charge >= 0.3 is 0 Å². The van der Waals surface area contributed by atoms with Crippen molar-refractivity contribution in [2.24, 2.45) is 5.73 Å². The largest absolute Gasteiger partial charge is 0.389 e. The van der Waals surface area contributed by atoms with Crippen LogP contribution in [0.2, 0.25) is 0 Å². The van der Waals surface area contributed by atoms with E-state index >= 15 is 0 Å². The van der Waals surface area contributed by atoms with Crippen LogP contribution in [0.5, 0.6) is 0 Å². The molecule has 1 amide bonds. The zero-order chi connectivity index (χ0) is 15.1. The Hall–Kier alpha value is -1.53. The van der Waals surface area contributed by atoms with E-state index in [1.165, 1.54) is 12.1 Å². The second-order valence-electron chi connectivity index (χ2n) is 4.42. The van der Waals surface area contributed by atoms with Crippen molar-refractivity contribution in [2.75, 3.05) is 19.6 Å². The summed E-state index contributed by atoms with van der Waals surface area (Å²) in [4.78, 5) is 13.7. The summed E-state index contributed by atoms with van der Waals surface area (Å²) in [5.74, 6) is -0.392. The Balaban J connectivity index is 2.86. The van der Waals surface area contributed by atoms with Gasteiger partial charge in [-0.2, -0.15) is 0 Å². The van der Waals surface area contributed by atoms with Crippen LogP contribution in [0.25, 0.3) is 0 Å². The first-order chi connectivity index (χ1) is 9.47. The predicted molar refractivity (Wildman–Crippen MR) is 81.9 cm³/mol. The minimum Gasteiger partial charge on any atom is -0.389 e. The predicted octanol–water partition coefficient (Wildman–Crippen LogP) is 1.42. The molecule has 0 radical (unpaired) electrons. The first-order valence-corrected chi connectivity index (χ1v) is 6.96. The molecule has 0 aliphatic heterocycles. The molecule has 1 aromatic carbocycles. The van der Waals surface area contributed by atoms with E-state index in [-0.39, 0.29) is 23.3 Å². The quantitative estimate of drug-likeness (QED) is 0.747. The Morgan fingerprint density at radius 2 is 2.15 bits per heavy atom. The summed E-state index contributed by atoms with van der Waals surface area (Å²) in [5, 5.41) is 2.74. The molecule has 1 rings (SSSR count). The van der Waals surface area contributed by atoms with Crippen molar-refractivity contribution in [1.82, 2.24) is 10.2 Å². The molecule has 0 atom stereocenters. The van der Waals surface area contributed by atoms with Crippen LogP contribution >= 0.6 is 12.2 Å². The van der Waals surface area contributed by atoms with Crippen molar-refractivity contribution in [3.05, 3.63) is 35.1 Å². The number of nitrogens with two attached hydrogens (primary N) is 1. The van der Waals surface area contributed by atoms with Crippen LogP contribution in [-0.4, -0.2) is 35.4 Å². The molecular weight excluding hydrogens is 277 g/mol. The maximum absolute atomic E-state index is 13.4. The van der Waals surface area contributed by atoms with Crippen LogP contribution in [0.4, 0.5) is 4.39 Å². The number of hydrogen-bond donors (Lipinski definition) is 2. The van der Waals surface area contributed by atoms with Gasteiger partial charge in [-0.15, -0.1) is 0 Å². The maximum Gasteiger partial charge on any atom is 0.234 e. The molecule has 3 N–H and O–H groups in total. The Morgan fingerprint density at radius 3 is 2.70 bits per heavy atom. The molecule has 110 valence electrons. The van der Waals surface area contributed by atoms with Crippen LogP contribution in [0.3, 0.4) is 0 Å². The summed E-state index contributed by atoms with van der Waals surface area (Å²) in [6.07, 6.45) is 0. The fourth-order valence-electron chi connectivity index (χ4n) is 1.91. The summed E-state index contributed by atoms with van der Waals surface area (Å²) >= 11 is 4.97. The Bertz CT molecular complexity index is 493. The van der Waals surface area contributed by atoms with Gasteiger partial charge in [0, 0.05) is 18.7 Å². The van der Waals surface area contributed by atoms with Gasteiger partial charge in [-0.25, -0.2) is 4.39 Å². The number of benzene rings is 1. The fourth-order valence-corrected chi connectivity index (χ4v) is 2.11. The minimum atomic E-state index is -0.339. The van der Waals surface area contributed by atoms with Crippen LogP contribution in [0.1, 0.15) is 25.0 Å². The molecule has 20 heavy (non-hydrogen) atoms. The van der Waals surface area contributed by atoms with Gasteiger partial charge in [-0.3, -0.25) is 9.69 Å². The number of rotatable bonds is 7. The standard InChI is InChI=1S/C14H20FN3OS/c1-3-17-13(19)9-18(4-2)8-10-7-11(15)5-6-12(10)14(16)20/h5-7H,3-4,8-9H2,1-2H3,(H2,16,20)(H,17,19). The second-order valence-corrected chi connectivity index (χ2v) is 4.86. The van der Waals surface area contributed by atoms with Crippen molar-refractivity contribution in [1.29, 1.82) is 0 Å². The number of nitrogens with zero attached hydrogens (tertiary/aromatic N) is 1. The summed E-state index contributed by atoms with van der Waals surface area (Å²) in [7, 11) is 0. The molecule has 0 bridgehead atoms. The molecule has 0 saturated carbocycles. The molecule has 0 aliphatic rings. The van der Waals surface area contributed by atoms with E-state index in [0.717, 1.165) is 0 Å². The fraction of sp³-hybridized carbons (Fsp3) is 0.429. The summed E-state index contributed by atoms with van der Waals surface area (Å²) in [6.45, 7) is 5.76. The smallest absolute Gasteiger partial charge is 0.234 e. The number of likely N-dealkylation sites (N-methyl/N-ethyl adjacent to an activating group) is 2. The third kappa shape index (κ3) is 4.86. The average molecular weight is 297 g/mol. The monoisotopic (exact) mass is 297 g/mol. The highest BCUT2D eigenvalue weighted by molar-refractivity contribution is 7.80. The van der Waals surface area contributed by atoms with E-state index < -0.39 is 0 Å². The van der Waals surface area contributed by atoms with Crippen LogP contribution < -0.4 is 11.1 Å². The molecule has 6 heteroatoms. The topological polar surface area (TPSA) is 58.4 Å². The molecule has 0 spiro atoms. The Kier molecular flexibility index (Phi) is 6.54. The molecule has 0 aliphatic carbocycles. The van der Waals surface area contributed by atoms with E-state index in [4.69, 9.17) is 18.0 Å².